The molecule has 35 heavy (non-hydrogen) atoms. The van der Waals surface area contributed by atoms with E-state index in [1.807, 2.05) is 6.92 Å². The molecular formula is C26H37N3O5S. The standard InChI is InChI=1S/C26H37N3O5S/c1-17-5-3-4-8-29(17)35(32,33)23-12-21(6-7-22(23)34-2)25(31)28-27-24(30)16-26-13-18-9-19(14-26)11-20(10-18)15-26/h6-7,12,17-20H,3-5,8-11,13-16H2,1-2H3,(H,27,30)(H,28,31)/t17-,18?,19?,20?,26?/m1/s1. The van der Waals surface area contributed by atoms with Gasteiger partial charge in [0.2, 0.25) is 15.9 Å². The average Bonchev–Trinajstić information content (AvgIpc) is 2.81. The summed E-state index contributed by atoms with van der Waals surface area (Å²) in [7, 11) is -2.42. The Hall–Kier alpha value is -2.13. The monoisotopic (exact) mass is 503 g/mol. The Balaban J connectivity index is 1.25. The molecule has 9 heteroatoms. The summed E-state index contributed by atoms with van der Waals surface area (Å²) in [4.78, 5) is 25.6. The van der Waals surface area contributed by atoms with E-state index in [2.05, 4.69) is 10.9 Å². The summed E-state index contributed by atoms with van der Waals surface area (Å²) in [5, 5.41) is 0. The van der Waals surface area contributed by atoms with E-state index in [0.717, 1.165) is 56.3 Å². The SMILES string of the molecule is COc1ccc(C(=O)NNC(=O)CC23CC4CC(CC(C4)C2)C3)cc1S(=O)(=O)N1CCCC[C@H]1C. The lowest BCUT2D eigenvalue weighted by Gasteiger charge is -2.56. The van der Waals surface area contributed by atoms with Crippen LogP contribution in [0.25, 0.3) is 0 Å². The van der Waals surface area contributed by atoms with Crippen LogP contribution in [0.2, 0.25) is 0 Å². The number of amides is 2. The van der Waals surface area contributed by atoms with Crippen molar-refractivity contribution in [3.63, 3.8) is 0 Å². The molecule has 2 N–H and O–H groups in total. The van der Waals surface area contributed by atoms with Crippen LogP contribution in [0, 0.1) is 23.2 Å². The number of methoxy groups -OCH3 is 1. The van der Waals surface area contributed by atoms with Gasteiger partial charge in [0, 0.05) is 24.6 Å². The topological polar surface area (TPSA) is 105 Å². The zero-order valence-corrected chi connectivity index (χ0v) is 21.5. The first-order valence-corrected chi connectivity index (χ1v) is 14.4. The third-order valence-electron chi connectivity index (χ3n) is 8.77. The second-order valence-corrected chi connectivity index (χ2v) is 13.3. The maximum Gasteiger partial charge on any atom is 0.269 e. The predicted molar refractivity (Wildman–Crippen MR) is 131 cm³/mol. The second kappa shape index (κ2) is 9.39. The van der Waals surface area contributed by atoms with E-state index < -0.39 is 15.9 Å². The van der Waals surface area contributed by atoms with E-state index >= 15 is 0 Å². The van der Waals surface area contributed by atoms with Crippen LogP contribution < -0.4 is 15.6 Å². The lowest BCUT2D eigenvalue weighted by Crippen LogP contribution is -2.50. The molecule has 2 amide bonds. The molecule has 0 spiro atoms. The molecule has 4 aliphatic carbocycles. The molecule has 4 saturated carbocycles. The summed E-state index contributed by atoms with van der Waals surface area (Å²) < 4.78 is 33.6. The first-order chi connectivity index (χ1) is 16.7. The van der Waals surface area contributed by atoms with Crippen LogP contribution in [0.3, 0.4) is 0 Å². The highest BCUT2D eigenvalue weighted by Crippen LogP contribution is 2.61. The number of hydrogen-bond acceptors (Lipinski definition) is 5. The summed E-state index contributed by atoms with van der Waals surface area (Å²) in [6, 6.07) is 4.24. The molecule has 5 fully saturated rings. The zero-order chi connectivity index (χ0) is 24.8. The van der Waals surface area contributed by atoms with Gasteiger partial charge in [0.05, 0.1) is 7.11 Å². The van der Waals surface area contributed by atoms with Gasteiger partial charge in [-0.25, -0.2) is 8.42 Å². The Morgan fingerprint density at radius 1 is 1.06 bits per heavy atom. The number of ether oxygens (including phenoxy) is 1. The molecule has 1 aliphatic heterocycles. The predicted octanol–water partition coefficient (Wildman–Crippen LogP) is 3.63. The van der Waals surface area contributed by atoms with Gasteiger partial charge in [-0.3, -0.25) is 20.4 Å². The minimum Gasteiger partial charge on any atom is -0.495 e. The van der Waals surface area contributed by atoms with Crippen LogP contribution in [0.4, 0.5) is 0 Å². The van der Waals surface area contributed by atoms with Crippen molar-refractivity contribution in [1.82, 2.24) is 15.2 Å². The molecule has 4 bridgehead atoms. The molecule has 192 valence electrons. The van der Waals surface area contributed by atoms with Crippen molar-refractivity contribution < 1.29 is 22.7 Å². The molecule has 0 radical (unpaired) electrons. The molecule has 1 saturated heterocycles. The van der Waals surface area contributed by atoms with Crippen molar-refractivity contribution >= 4 is 21.8 Å². The van der Waals surface area contributed by atoms with Crippen LogP contribution in [-0.2, 0) is 14.8 Å². The fourth-order valence-corrected chi connectivity index (χ4v) is 9.55. The Bertz CT molecular complexity index is 1070. The molecular weight excluding hydrogens is 466 g/mol. The van der Waals surface area contributed by atoms with Crippen LogP contribution in [0.5, 0.6) is 5.75 Å². The highest BCUT2D eigenvalue weighted by atomic mass is 32.2. The Kier molecular flexibility index (Phi) is 6.59. The lowest BCUT2D eigenvalue weighted by atomic mass is 9.49. The van der Waals surface area contributed by atoms with Crippen molar-refractivity contribution in [2.45, 2.75) is 82.1 Å². The first kappa shape index (κ1) is 24.6. The van der Waals surface area contributed by atoms with E-state index in [4.69, 9.17) is 4.74 Å². The third-order valence-corrected chi connectivity index (χ3v) is 10.8. The Morgan fingerprint density at radius 3 is 2.31 bits per heavy atom. The van der Waals surface area contributed by atoms with Crippen molar-refractivity contribution in [2.75, 3.05) is 13.7 Å². The normalized spacial score (nSPS) is 32.3. The van der Waals surface area contributed by atoms with Crippen LogP contribution in [0.15, 0.2) is 23.1 Å². The largest absolute Gasteiger partial charge is 0.495 e. The smallest absolute Gasteiger partial charge is 0.269 e. The number of nitrogens with zero attached hydrogens (tertiary/aromatic N) is 1. The summed E-state index contributed by atoms with van der Waals surface area (Å²) in [5.74, 6) is 1.74. The molecule has 0 unspecified atom stereocenters. The fourth-order valence-electron chi connectivity index (χ4n) is 7.66. The van der Waals surface area contributed by atoms with Gasteiger partial charge >= 0.3 is 0 Å². The molecule has 1 atom stereocenters. The summed E-state index contributed by atoms with van der Waals surface area (Å²) in [6.07, 6.45) is 10.4. The number of piperidine rings is 1. The molecule has 6 rings (SSSR count). The lowest BCUT2D eigenvalue weighted by molar-refractivity contribution is -0.130. The molecule has 8 nitrogen and oxygen atoms in total. The van der Waals surface area contributed by atoms with Crippen LogP contribution in [-0.4, -0.2) is 44.2 Å². The number of carbonyl (C=O) groups excluding carboxylic acids is 2. The summed E-state index contributed by atoms with van der Waals surface area (Å²) in [6.45, 7) is 2.35. The van der Waals surface area contributed by atoms with Gasteiger partial charge in [0.25, 0.3) is 5.91 Å². The average molecular weight is 504 g/mol. The van der Waals surface area contributed by atoms with Gasteiger partial charge in [-0.1, -0.05) is 6.42 Å². The van der Waals surface area contributed by atoms with Gasteiger partial charge in [-0.15, -0.1) is 0 Å². The number of nitrogens with one attached hydrogen (secondary N) is 2. The molecule has 1 heterocycles. The van der Waals surface area contributed by atoms with E-state index in [1.165, 1.54) is 48.9 Å². The van der Waals surface area contributed by atoms with Crippen LogP contribution >= 0.6 is 0 Å². The minimum atomic E-state index is -3.83. The van der Waals surface area contributed by atoms with E-state index in [0.29, 0.717) is 13.0 Å². The zero-order valence-electron chi connectivity index (χ0n) is 20.7. The van der Waals surface area contributed by atoms with Gasteiger partial charge in [-0.2, -0.15) is 4.31 Å². The quantitative estimate of drug-likeness (QED) is 0.577. The number of sulfonamides is 1. The maximum absolute atomic E-state index is 13.4. The molecule has 0 aromatic heterocycles. The van der Waals surface area contributed by atoms with Crippen molar-refractivity contribution in [3.05, 3.63) is 23.8 Å². The Labute approximate surface area is 208 Å². The molecule has 1 aromatic carbocycles. The number of hydrazine groups is 1. The number of hydrogen-bond donors (Lipinski definition) is 2. The van der Waals surface area contributed by atoms with E-state index in [1.54, 1.807) is 0 Å². The third kappa shape index (κ3) is 4.81. The first-order valence-electron chi connectivity index (χ1n) is 13.0. The maximum atomic E-state index is 13.4. The fraction of sp³-hybridized carbons (Fsp3) is 0.692. The molecule has 1 aromatic rings. The highest BCUT2D eigenvalue weighted by molar-refractivity contribution is 7.89. The van der Waals surface area contributed by atoms with Gasteiger partial charge in [0.15, 0.2) is 0 Å². The van der Waals surface area contributed by atoms with E-state index in [9.17, 15) is 18.0 Å². The van der Waals surface area contributed by atoms with Crippen molar-refractivity contribution in [2.24, 2.45) is 23.2 Å². The highest BCUT2D eigenvalue weighted by Gasteiger charge is 2.51. The van der Waals surface area contributed by atoms with Crippen molar-refractivity contribution in [1.29, 1.82) is 0 Å². The second-order valence-electron chi connectivity index (χ2n) is 11.4. The van der Waals surface area contributed by atoms with Crippen LogP contribution in [0.1, 0.15) is 81.5 Å². The van der Waals surface area contributed by atoms with Gasteiger partial charge < -0.3 is 4.74 Å². The Morgan fingerprint density at radius 2 is 1.71 bits per heavy atom. The minimum absolute atomic E-state index is 0.0266. The number of carbonyl (C=O) groups is 2. The number of benzene rings is 1. The van der Waals surface area contributed by atoms with Gasteiger partial charge in [0.1, 0.15) is 10.6 Å². The van der Waals surface area contributed by atoms with Gasteiger partial charge in [-0.05, 0) is 99.7 Å². The van der Waals surface area contributed by atoms with Crippen molar-refractivity contribution in [3.8, 4) is 5.75 Å². The summed E-state index contributed by atoms with van der Waals surface area (Å²) in [5.41, 5.74) is 5.32. The molecule has 5 aliphatic rings. The summed E-state index contributed by atoms with van der Waals surface area (Å²) >= 11 is 0. The van der Waals surface area contributed by atoms with E-state index in [-0.39, 0.29) is 33.6 Å². The number of rotatable bonds is 6.